The molecule has 2 rings (SSSR count). The average Bonchev–Trinajstić information content (AvgIpc) is 2.81. The second kappa shape index (κ2) is 5.89. The van der Waals surface area contributed by atoms with Crippen LogP contribution in [0.25, 0.3) is 0 Å². The first-order valence-electron chi connectivity index (χ1n) is 5.73. The number of aryl methyl sites for hydroxylation is 1. The highest BCUT2D eigenvalue weighted by atomic mass is 16.6. The van der Waals surface area contributed by atoms with Crippen molar-refractivity contribution in [3.8, 4) is 0 Å². The van der Waals surface area contributed by atoms with Crippen LogP contribution in [0, 0.1) is 17.0 Å². The van der Waals surface area contributed by atoms with Crippen LogP contribution in [0.4, 0.5) is 5.82 Å². The molecule has 0 radical (unpaired) electrons. The highest BCUT2D eigenvalue weighted by Crippen LogP contribution is 2.13. The molecule has 20 heavy (non-hydrogen) atoms. The summed E-state index contributed by atoms with van der Waals surface area (Å²) in [6.45, 7) is 2.26. The summed E-state index contributed by atoms with van der Waals surface area (Å²) in [6.07, 6.45) is 2.53. The molecule has 0 amide bonds. The zero-order chi connectivity index (χ0) is 14.5. The zero-order valence-electron chi connectivity index (χ0n) is 10.6. The third kappa shape index (κ3) is 2.96. The van der Waals surface area contributed by atoms with Crippen LogP contribution in [0.5, 0.6) is 0 Å². The topological polar surface area (TPSA) is 112 Å². The van der Waals surface area contributed by atoms with E-state index >= 15 is 0 Å². The number of nitrogens with zero attached hydrogens (tertiary/aromatic N) is 5. The molecule has 1 aromatic rings. The molecular weight excluding hydrogens is 266 g/mol. The molecule has 1 aliphatic rings. The number of aliphatic imine (C=N–C) groups is 2. The lowest BCUT2D eigenvalue weighted by Crippen LogP contribution is -2.15. The summed E-state index contributed by atoms with van der Waals surface area (Å²) in [4.78, 5) is 32.2. The van der Waals surface area contributed by atoms with Crippen molar-refractivity contribution in [1.82, 2.24) is 9.55 Å². The molecule has 0 atom stereocenters. The van der Waals surface area contributed by atoms with E-state index in [-0.39, 0.29) is 31.5 Å². The van der Waals surface area contributed by atoms with Crippen LogP contribution in [-0.4, -0.2) is 45.8 Å². The molecule has 0 aromatic carbocycles. The van der Waals surface area contributed by atoms with Gasteiger partial charge in [0.15, 0.2) is 5.82 Å². The molecule has 0 bridgehead atoms. The number of amidine groups is 1. The van der Waals surface area contributed by atoms with Gasteiger partial charge in [-0.1, -0.05) is 0 Å². The molecule has 0 aliphatic carbocycles. The van der Waals surface area contributed by atoms with E-state index in [1.807, 2.05) is 0 Å². The Hall–Kier alpha value is -2.80. The lowest BCUT2D eigenvalue weighted by Gasteiger charge is -2.08. The minimum atomic E-state index is -0.503. The third-order valence-electron chi connectivity index (χ3n) is 2.61. The Morgan fingerprint density at radius 3 is 3.00 bits per heavy atom. The first-order chi connectivity index (χ1) is 9.61. The standard InChI is InChI=1S/C11H11N5O4/c1-8-12-6-10(16(18)19)15(8)2-3-20-11-13-4-9(7-17)5-14-11/h4,6H,2-3,5H2,1H3. The van der Waals surface area contributed by atoms with Gasteiger partial charge in [-0.3, -0.25) is 0 Å². The minimum absolute atomic E-state index is 0.0913. The Morgan fingerprint density at radius 1 is 1.60 bits per heavy atom. The number of imidazole rings is 1. The van der Waals surface area contributed by atoms with Gasteiger partial charge in [0.25, 0.3) is 0 Å². The van der Waals surface area contributed by atoms with Crippen molar-refractivity contribution >= 4 is 24.0 Å². The van der Waals surface area contributed by atoms with Crippen molar-refractivity contribution in [1.29, 1.82) is 0 Å². The van der Waals surface area contributed by atoms with E-state index in [1.165, 1.54) is 17.0 Å². The lowest BCUT2D eigenvalue weighted by atomic mass is 10.3. The van der Waals surface area contributed by atoms with E-state index in [0.29, 0.717) is 11.4 Å². The van der Waals surface area contributed by atoms with Gasteiger partial charge in [0.05, 0.1) is 12.1 Å². The van der Waals surface area contributed by atoms with Gasteiger partial charge in [0.1, 0.15) is 25.3 Å². The SMILES string of the molecule is Cc1ncc([N+](=O)[O-])n1CCOC1=NCC(=C=O)C=N1. The first kappa shape index (κ1) is 13.6. The Kier molecular flexibility index (Phi) is 4.02. The Balaban J connectivity index is 1.93. The van der Waals surface area contributed by atoms with Gasteiger partial charge >= 0.3 is 11.8 Å². The molecule has 1 aromatic heterocycles. The molecule has 0 saturated heterocycles. The van der Waals surface area contributed by atoms with Crippen LogP contribution in [0.1, 0.15) is 5.82 Å². The Bertz CT molecular complexity index is 639. The first-order valence-corrected chi connectivity index (χ1v) is 5.73. The predicted octanol–water partition coefficient (Wildman–Crippen LogP) is 0.315. The summed E-state index contributed by atoms with van der Waals surface area (Å²) in [7, 11) is 0. The van der Waals surface area contributed by atoms with Crippen molar-refractivity contribution in [2.24, 2.45) is 9.98 Å². The molecule has 1 aliphatic heterocycles. The summed E-state index contributed by atoms with van der Waals surface area (Å²) in [6, 6.07) is 0.143. The summed E-state index contributed by atoms with van der Waals surface area (Å²) < 4.78 is 6.71. The maximum absolute atomic E-state index is 10.8. The van der Waals surface area contributed by atoms with Crippen molar-refractivity contribution in [3.05, 3.63) is 27.7 Å². The molecule has 0 unspecified atom stereocenters. The Labute approximate surface area is 113 Å². The van der Waals surface area contributed by atoms with Crippen molar-refractivity contribution in [2.75, 3.05) is 13.2 Å². The van der Waals surface area contributed by atoms with Gasteiger partial charge in [0, 0.05) is 13.1 Å². The Morgan fingerprint density at radius 2 is 2.40 bits per heavy atom. The largest absolute Gasteiger partial charge is 0.460 e. The summed E-state index contributed by atoms with van der Waals surface area (Å²) in [5, 5.41) is 10.8. The van der Waals surface area contributed by atoms with Crippen LogP contribution in [-0.2, 0) is 16.1 Å². The lowest BCUT2D eigenvalue weighted by molar-refractivity contribution is -0.392. The van der Waals surface area contributed by atoms with E-state index in [0.717, 1.165) is 0 Å². The maximum Gasteiger partial charge on any atom is 0.342 e. The number of aromatic nitrogens is 2. The molecule has 0 spiro atoms. The normalized spacial score (nSPS) is 13.8. The summed E-state index contributed by atoms with van der Waals surface area (Å²) in [5.74, 6) is 2.13. The molecule has 0 saturated carbocycles. The summed E-state index contributed by atoms with van der Waals surface area (Å²) in [5.41, 5.74) is 0.346. The van der Waals surface area contributed by atoms with E-state index in [4.69, 9.17) is 4.74 Å². The van der Waals surface area contributed by atoms with Gasteiger partial charge in [-0.2, -0.15) is 0 Å². The fourth-order valence-electron chi connectivity index (χ4n) is 1.62. The molecule has 104 valence electrons. The number of hydrogen-bond donors (Lipinski definition) is 0. The van der Waals surface area contributed by atoms with E-state index < -0.39 is 4.92 Å². The van der Waals surface area contributed by atoms with Crippen LogP contribution in [0.2, 0.25) is 0 Å². The van der Waals surface area contributed by atoms with Gasteiger partial charge < -0.3 is 14.9 Å². The maximum atomic E-state index is 10.8. The predicted molar refractivity (Wildman–Crippen MR) is 69.6 cm³/mol. The van der Waals surface area contributed by atoms with Gasteiger partial charge in [-0.15, -0.1) is 0 Å². The van der Waals surface area contributed by atoms with E-state index in [1.54, 1.807) is 12.9 Å². The molecule has 0 N–H and O–H groups in total. The second-order valence-corrected chi connectivity index (χ2v) is 3.91. The summed E-state index contributed by atoms with van der Waals surface area (Å²) >= 11 is 0. The van der Waals surface area contributed by atoms with Crippen molar-refractivity contribution in [2.45, 2.75) is 13.5 Å². The number of hydrogen-bond acceptors (Lipinski definition) is 7. The number of nitro groups is 1. The average molecular weight is 277 g/mol. The van der Waals surface area contributed by atoms with Crippen molar-refractivity contribution in [3.63, 3.8) is 0 Å². The highest BCUT2D eigenvalue weighted by molar-refractivity contribution is 5.98. The van der Waals surface area contributed by atoms with E-state index in [2.05, 4.69) is 15.0 Å². The number of ether oxygens (including phenoxy) is 1. The van der Waals surface area contributed by atoms with Gasteiger partial charge in [-0.25, -0.2) is 24.3 Å². The van der Waals surface area contributed by atoms with Gasteiger partial charge in [0.2, 0.25) is 0 Å². The number of carbonyl (C=O) groups excluding carboxylic acids is 1. The highest BCUT2D eigenvalue weighted by Gasteiger charge is 2.17. The molecule has 9 heteroatoms. The van der Waals surface area contributed by atoms with Crippen LogP contribution in [0.15, 0.2) is 21.8 Å². The van der Waals surface area contributed by atoms with Crippen LogP contribution in [0.3, 0.4) is 0 Å². The molecule has 2 heterocycles. The molecular formula is C11H11N5O4. The minimum Gasteiger partial charge on any atom is -0.460 e. The van der Waals surface area contributed by atoms with E-state index in [9.17, 15) is 14.9 Å². The zero-order valence-corrected chi connectivity index (χ0v) is 10.6. The third-order valence-corrected chi connectivity index (χ3v) is 2.61. The smallest absolute Gasteiger partial charge is 0.342 e. The quantitative estimate of drug-likeness (QED) is 0.446. The van der Waals surface area contributed by atoms with Gasteiger partial charge in [-0.05, 0) is 4.92 Å². The van der Waals surface area contributed by atoms with Crippen LogP contribution < -0.4 is 0 Å². The fourth-order valence-corrected chi connectivity index (χ4v) is 1.62. The fraction of sp³-hybridized carbons (Fsp3) is 0.364. The molecule has 0 fully saturated rings. The number of rotatable bonds is 4. The van der Waals surface area contributed by atoms with Crippen LogP contribution >= 0.6 is 0 Å². The monoisotopic (exact) mass is 277 g/mol. The second-order valence-electron chi connectivity index (χ2n) is 3.91. The van der Waals surface area contributed by atoms with Crippen molar-refractivity contribution < 1.29 is 14.5 Å². The molecule has 9 nitrogen and oxygen atoms in total.